The van der Waals surface area contributed by atoms with Crippen LogP contribution < -0.4 is 15.8 Å². The van der Waals surface area contributed by atoms with E-state index in [0.29, 0.717) is 17.4 Å². The maximum Gasteiger partial charge on any atom is 0.408 e. The number of nitrogens with zero attached hydrogens (tertiary/aromatic N) is 1. The number of benzene rings is 1. The highest BCUT2D eigenvalue weighted by Crippen LogP contribution is 2.34. The van der Waals surface area contributed by atoms with E-state index in [2.05, 4.69) is 5.32 Å². The zero-order valence-corrected chi connectivity index (χ0v) is 21.1. The van der Waals surface area contributed by atoms with Gasteiger partial charge >= 0.3 is 6.09 Å². The number of amides is 3. The predicted octanol–water partition coefficient (Wildman–Crippen LogP) is 2.99. The number of primary amides is 1. The van der Waals surface area contributed by atoms with Crippen LogP contribution in [0.25, 0.3) is 0 Å². The zero-order valence-electron chi connectivity index (χ0n) is 19.5. The van der Waals surface area contributed by atoms with Crippen molar-refractivity contribution in [3.8, 4) is 5.75 Å². The number of methoxy groups -OCH3 is 1. The number of rotatable bonds is 8. The summed E-state index contributed by atoms with van der Waals surface area (Å²) in [6.07, 6.45) is -0.684. The zero-order chi connectivity index (χ0) is 24.1. The van der Waals surface area contributed by atoms with Crippen LogP contribution in [0.4, 0.5) is 4.79 Å². The Morgan fingerprint density at radius 1 is 1.22 bits per heavy atom. The number of carbonyl (C=O) groups is 3. The van der Waals surface area contributed by atoms with Gasteiger partial charge in [-0.3, -0.25) is 9.59 Å². The number of nitrogens with one attached hydrogen (secondary N) is 1. The van der Waals surface area contributed by atoms with E-state index < -0.39 is 34.4 Å². The molecule has 0 radical (unpaired) electrons. The van der Waals surface area contributed by atoms with Gasteiger partial charge in [-0.05, 0) is 52.3 Å². The fourth-order valence-electron chi connectivity index (χ4n) is 3.09. The van der Waals surface area contributed by atoms with E-state index in [9.17, 15) is 14.4 Å². The maximum atomic E-state index is 13.5. The Labute approximate surface area is 198 Å². The summed E-state index contributed by atoms with van der Waals surface area (Å²) in [6.45, 7) is 9.06. The third kappa shape index (κ3) is 7.23. The molecule has 1 saturated heterocycles. The normalized spacial score (nSPS) is 17.6. The van der Waals surface area contributed by atoms with Gasteiger partial charge in [0.15, 0.2) is 0 Å². The molecule has 0 unspecified atom stereocenters. The first-order valence-electron chi connectivity index (χ1n) is 10.3. The lowest BCUT2D eigenvalue weighted by Gasteiger charge is -2.37. The van der Waals surface area contributed by atoms with Gasteiger partial charge in [0.2, 0.25) is 11.8 Å². The molecule has 1 aliphatic rings. The minimum absolute atomic E-state index is 0.345. The highest BCUT2D eigenvalue weighted by molar-refractivity contribution is 8.00. The van der Waals surface area contributed by atoms with E-state index in [-0.39, 0.29) is 5.91 Å². The lowest BCUT2D eigenvalue weighted by molar-refractivity contribution is -0.139. The Kier molecular flexibility index (Phi) is 8.75. The van der Waals surface area contributed by atoms with Gasteiger partial charge in [-0.2, -0.15) is 0 Å². The second-order valence-electron chi connectivity index (χ2n) is 9.05. The van der Waals surface area contributed by atoms with Crippen LogP contribution in [-0.2, 0) is 20.1 Å². The van der Waals surface area contributed by atoms with Crippen molar-refractivity contribution >= 4 is 41.4 Å². The lowest BCUT2D eigenvalue weighted by Crippen LogP contribution is -2.60. The molecule has 1 aromatic carbocycles. The number of hydrogen-bond acceptors (Lipinski definition) is 7. The van der Waals surface area contributed by atoms with Gasteiger partial charge < -0.3 is 25.4 Å². The van der Waals surface area contributed by atoms with Crippen LogP contribution >= 0.6 is 23.5 Å². The number of ether oxygens (including phenoxy) is 2. The molecule has 1 aromatic rings. The monoisotopic (exact) mass is 483 g/mol. The summed E-state index contributed by atoms with van der Waals surface area (Å²) in [5.74, 6) is 1.27. The molecule has 1 heterocycles. The molecule has 178 valence electrons. The summed E-state index contributed by atoms with van der Waals surface area (Å²) in [7, 11) is 1.61. The van der Waals surface area contributed by atoms with Gasteiger partial charge in [-0.25, -0.2) is 4.79 Å². The minimum Gasteiger partial charge on any atom is -0.497 e. The van der Waals surface area contributed by atoms with Crippen molar-refractivity contribution in [2.75, 3.05) is 18.7 Å². The van der Waals surface area contributed by atoms with Crippen LogP contribution in [0.3, 0.4) is 0 Å². The SMILES string of the molecule is COc1ccc(CSC(C)(C)[C@H](NC(=O)OC(C)(C)C)C(=O)N2CSC[C@H]2C(N)=O)cc1. The minimum atomic E-state index is -0.916. The van der Waals surface area contributed by atoms with Gasteiger partial charge in [0.25, 0.3) is 0 Å². The van der Waals surface area contributed by atoms with Crippen molar-refractivity contribution in [1.82, 2.24) is 10.2 Å². The molecule has 1 fully saturated rings. The van der Waals surface area contributed by atoms with Gasteiger partial charge in [0, 0.05) is 16.3 Å². The van der Waals surface area contributed by atoms with Gasteiger partial charge in [-0.15, -0.1) is 23.5 Å². The molecular formula is C22H33N3O5S2. The summed E-state index contributed by atoms with van der Waals surface area (Å²) >= 11 is 2.99. The van der Waals surface area contributed by atoms with Crippen molar-refractivity contribution in [2.45, 2.75) is 62.8 Å². The van der Waals surface area contributed by atoms with Gasteiger partial charge in [0.05, 0.1) is 13.0 Å². The fourth-order valence-corrected chi connectivity index (χ4v) is 5.33. The van der Waals surface area contributed by atoms with Crippen molar-refractivity contribution in [3.05, 3.63) is 29.8 Å². The Balaban J connectivity index is 2.23. The van der Waals surface area contributed by atoms with E-state index in [1.165, 1.54) is 28.4 Å². The molecule has 8 nitrogen and oxygen atoms in total. The molecule has 32 heavy (non-hydrogen) atoms. The Hall–Kier alpha value is -2.07. The summed E-state index contributed by atoms with van der Waals surface area (Å²) in [5, 5.41) is 2.75. The van der Waals surface area contributed by atoms with Crippen LogP contribution in [0, 0.1) is 0 Å². The topological polar surface area (TPSA) is 111 Å². The van der Waals surface area contributed by atoms with Crippen molar-refractivity contribution in [1.29, 1.82) is 0 Å². The number of hydrogen-bond donors (Lipinski definition) is 2. The Morgan fingerprint density at radius 2 is 1.84 bits per heavy atom. The molecule has 0 spiro atoms. The van der Waals surface area contributed by atoms with Crippen LogP contribution in [0.2, 0.25) is 0 Å². The van der Waals surface area contributed by atoms with E-state index >= 15 is 0 Å². The summed E-state index contributed by atoms with van der Waals surface area (Å²) in [6, 6.07) is 6.06. The fraction of sp³-hybridized carbons (Fsp3) is 0.591. The third-order valence-corrected chi connectivity index (χ3v) is 7.34. The second kappa shape index (κ2) is 10.7. The number of nitrogens with two attached hydrogens (primary N) is 1. The molecular weight excluding hydrogens is 450 g/mol. The number of thioether (sulfide) groups is 2. The molecule has 0 saturated carbocycles. The van der Waals surface area contributed by atoms with Gasteiger partial charge in [0.1, 0.15) is 23.4 Å². The molecule has 0 bridgehead atoms. The molecule has 1 aliphatic heterocycles. The molecule has 0 aromatic heterocycles. The highest BCUT2D eigenvalue weighted by atomic mass is 32.2. The average Bonchev–Trinajstić information content (AvgIpc) is 3.19. The molecule has 0 aliphatic carbocycles. The average molecular weight is 484 g/mol. The van der Waals surface area contributed by atoms with E-state index in [1.54, 1.807) is 27.9 Å². The Bertz CT molecular complexity index is 824. The second-order valence-corrected chi connectivity index (χ2v) is 11.7. The Morgan fingerprint density at radius 3 is 2.38 bits per heavy atom. The molecule has 2 rings (SSSR count). The van der Waals surface area contributed by atoms with Crippen LogP contribution in [-0.4, -0.2) is 64.0 Å². The smallest absolute Gasteiger partial charge is 0.408 e. The summed E-state index contributed by atoms with van der Waals surface area (Å²) in [4.78, 5) is 39.4. The first-order chi connectivity index (χ1) is 14.8. The summed E-state index contributed by atoms with van der Waals surface area (Å²) < 4.78 is 9.89. The van der Waals surface area contributed by atoms with Gasteiger partial charge in [-0.1, -0.05) is 12.1 Å². The quantitative estimate of drug-likeness (QED) is 0.585. The number of alkyl carbamates (subject to hydrolysis) is 1. The first-order valence-corrected chi connectivity index (χ1v) is 12.4. The first kappa shape index (κ1) is 26.2. The molecule has 10 heteroatoms. The standard InChI is InChI=1S/C22H33N3O5S2/c1-21(2,3)30-20(28)24-17(19(27)25-13-31-12-16(25)18(23)26)22(4,5)32-11-14-7-9-15(29-6)10-8-14/h7-10,16-17H,11-13H2,1-6H3,(H2,23,26)(H,24,28)/t16-,17+/m0/s1. The lowest BCUT2D eigenvalue weighted by atomic mass is 10.0. The predicted molar refractivity (Wildman–Crippen MR) is 129 cm³/mol. The largest absolute Gasteiger partial charge is 0.497 e. The van der Waals surface area contributed by atoms with Crippen LogP contribution in [0.15, 0.2) is 24.3 Å². The van der Waals surface area contributed by atoms with E-state index in [1.807, 2.05) is 38.1 Å². The van der Waals surface area contributed by atoms with Crippen LogP contribution in [0.1, 0.15) is 40.2 Å². The van der Waals surface area contributed by atoms with E-state index in [0.717, 1.165) is 11.3 Å². The molecule has 3 N–H and O–H groups in total. The third-order valence-electron chi connectivity index (χ3n) is 4.87. The van der Waals surface area contributed by atoms with E-state index in [4.69, 9.17) is 15.2 Å². The van der Waals surface area contributed by atoms with Crippen molar-refractivity contribution in [3.63, 3.8) is 0 Å². The highest BCUT2D eigenvalue weighted by Gasteiger charge is 2.44. The maximum absolute atomic E-state index is 13.5. The van der Waals surface area contributed by atoms with Crippen LogP contribution in [0.5, 0.6) is 5.75 Å². The molecule has 2 atom stereocenters. The summed E-state index contributed by atoms with van der Waals surface area (Å²) in [5.41, 5.74) is 5.85. The molecule has 3 amide bonds. The van der Waals surface area contributed by atoms with Crippen molar-refractivity contribution in [2.24, 2.45) is 5.73 Å². The van der Waals surface area contributed by atoms with Crippen molar-refractivity contribution < 1.29 is 23.9 Å². The number of carbonyl (C=O) groups excluding carboxylic acids is 3.